The second-order valence-electron chi connectivity index (χ2n) is 14.8. The number of carboxylic acids is 1. The summed E-state index contributed by atoms with van der Waals surface area (Å²) in [6.45, 7) is 3.07. The molecular weight excluding hydrogens is 825 g/mol. The number of phenolic OH excluding ortho intramolecular Hbond substituents is 1. The normalized spacial score (nSPS) is 12.5. The highest BCUT2D eigenvalue weighted by atomic mass is 16.4. The molecule has 9 amide bonds. The minimum atomic E-state index is -1.21. The molecule has 0 aromatic heterocycles. The molecule has 0 saturated carbocycles. The summed E-state index contributed by atoms with van der Waals surface area (Å²) in [6.07, 6.45) is -0.345. The van der Waals surface area contributed by atoms with Crippen LogP contribution in [0.5, 0.6) is 5.75 Å². The molecule has 0 bridgehead atoms. The van der Waals surface area contributed by atoms with Gasteiger partial charge in [-0.15, -0.1) is 0 Å². The summed E-state index contributed by atoms with van der Waals surface area (Å²) in [5, 5.41) is 40.1. The number of aliphatic carboxylic acids is 1. The summed E-state index contributed by atoms with van der Waals surface area (Å²) in [4.78, 5) is 124. The summed E-state index contributed by atoms with van der Waals surface area (Å²) < 4.78 is 0. The molecule has 0 fully saturated rings. The zero-order valence-corrected chi connectivity index (χ0v) is 35.4. The Kier molecular flexibility index (Phi) is 22.9. The first kappa shape index (κ1) is 52.0. The predicted octanol–water partition coefficient (Wildman–Crippen LogP) is -3.41. The van der Waals surface area contributed by atoms with E-state index in [1.54, 1.807) is 42.5 Å². The van der Waals surface area contributed by atoms with Crippen molar-refractivity contribution in [3.63, 3.8) is 0 Å². The van der Waals surface area contributed by atoms with Gasteiger partial charge in [-0.1, -0.05) is 56.3 Å². The summed E-state index contributed by atoms with van der Waals surface area (Å²) in [6, 6.07) is 10.4. The van der Waals surface area contributed by atoms with Crippen LogP contribution in [-0.2, 0) is 60.8 Å². The number of aromatic hydroxyl groups is 1. The van der Waals surface area contributed by atoms with Gasteiger partial charge >= 0.3 is 5.97 Å². The van der Waals surface area contributed by atoms with E-state index in [2.05, 4.69) is 47.9 Å². The van der Waals surface area contributed by atoms with Gasteiger partial charge in [0.1, 0.15) is 23.9 Å². The van der Waals surface area contributed by atoms with Gasteiger partial charge in [0, 0.05) is 25.9 Å². The highest BCUT2D eigenvalue weighted by Gasteiger charge is 2.29. The van der Waals surface area contributed by atoms with Gasteiger partial charge in [-0.3, -0.25) is 47.9 Å². The predicted molar refractivity (Wildman–Crippen MR) is 226 cm³/mol. The summed E-state index contributed by atoms with van der Waals surface area (Å²) in [5.41, 5.74) is 7.36. The Morgan fingerprint density at radius 1 is 0.524 bits per heavy atom. The molecule has 0 aliphatic rings. The van der Waals surface area contributed by atoms with Crippen molar-refractivity contribution < 1.29 is 58.2 Å². The number of phenols is 1. The molecular formula is C41H58N10O12. The van der Waals surface area contributed by atoms with Crippen LogP contribution in [0.4, 0.5) is 0 Å². The van der Waals surface area contributed by atoms with Gasteiger partial charge < -0.3 is 63.8 Å². The van der Waals surface area contributed by atoms with Gasteiger partial charge in [-0.2, -0.15) is 0 Å². The molecule has 4 atom stereocenters. The van der Waals surface area contributed by atoms with Crippen LogP contribution in [0.25, 0.3) is 0 Å². The number of benzene rings is 2. The average Bonchev–Trinajstić information content (AvgIpc) is 3.24. The molecule has 2 aromatic rings. The molecule has 0 unspecified atom stereocenters. The molecule has 2 rings (SSSR count). The number of carbonyl (C=O) groups is 10. The number of hydrogen-bond donors (Lipinski definition) is 12. The standard InChI is InChI=1S/C41H58N10O12/c1-24(2)17-30(40(62)48-22-35(56)46-21-34(55)44-16-15-43-33(54)20-45-32(53)13-14-37(58)59)51-41(63)31(19-26-7-5-4-6-8-26)50-36(57)23-47-38(60)25(3)49-39(61)29(42)18-27-9-11-28(52)12-10-27/h4-12,24-25,29-31,52H,13-23,42H2,1-3H3,(H,43,54)(H,44,55)(H,45,53)(H,46,56)(H,47,60)(H,48,62)(H,49,61)(H,50,57)(H,51,63)(H,58,59)/t25-,29+,30-,31+/m1/s1. The van der Waals surface area contributed by atoms with Gasteiger partial charge in [0.25, 0.3) is 0 Å². The second kappa shape index (κ2) is 27.7. The van der Waals surface area contributed by atoms with Crippen molar-refractivity contribution >= 4 is 59.1 Å². The molecule has 0 saturated heterocycles. The van der Waals surface area contributed by atoms with Gasteiger partial charge in [0.15, 0.2) is 0 Å². The Bertz CT molecular complexity index is 1900. The largest absolute Gasteiger partial charge is 0.508 e. The van der Waals surface area contributed by atoms with Crippen LogP contribution in [0.3, 0.4) is 0 Å². The lowest BCUT2D eigenvalue weighted by atomic mass is 10.0. The maximum absolute atomic E-state index is 13.7. The maximum Gasteiger partial charge on any atom is 0.303 e. The molecule has 22 heteroatoms. The first-order chi connectivity index (χ1) is 29.8. The lowest BCUT2D eigenvalue weighted by molar-refractivity contribution is -0.139. The number of rotatable bonds is 27. The third kappa shape index (κ3) is 22.4. The SMILES string of the molecule is CC(C)C[C@@H](NC(=O)[C@H](Cc1ccccc1)NC(=O)CNC(=O)[C@@H](C)NC(=O)[C@@H](N)Cc1ccc(O)cc1)C(=O)NCC(=O)NCC(=O)NCCNC(=O)CNC(=O)CCC(=O)O. The fourth-order valence-corrected chi connectivity index (χ4v) is 5.51. The minimum Gasteiger partial charge on any atom is -0.508 e. The van der Waals surface area contributed by atoms with E-state index in [4.69, 9.17) is 10.8 Å². The topological polar surface area (TPSA) is 345 Å². The van der Waals surface area contributed by atoms with Crippen LogP contribution in [0.1, 0.15) is 51.2 Å². The number of amides is 9. The smallest absolute Gasteiger partial charge is 0.303 e. The second-order valence-corrected chi connectivity index (χ2v) is 14.8. The summed E-state index contributed by atoms with van der Waals surface area (Å²) in [5.74, 6) is -7.18. The minimum absolute atomic E-state index is 0.00363. The van der Waals surface area contributed by atoms with Crippen LogP contribution in [0.15, 0.2) is 54.6 Å². The van der Waals surface area contributed by atoms with E-state index in [1.165, 1.54) is 19.1 Å². The van der Waals surface area contributed by atoms with Gasteiger partial charge in [0.05, 0.1) is 38.6 Å². The van der Waals surface area contributed by atoms with E-state index in [1.807, 2.05) is 13.8 Å². The Morgan fingerprint density at radius 3 is 1.63 bits per heavy atom. The number of carbonyl (C=O) groups excluding carboxylic acids is 9. The number of carboxylic acid groups (broad SMARTS) is 1. The molecule has 2 aromatic carbocycles. The first-order valence-corrected chi connectivity index (χ1v) is 20.1. The highest BCUT2D eigenvalue weighted by Crippen LogP contribution is 2.11. The maximum atomic E-state index is 13.7. The molecule has 0 aliphatic carbocycles. The van der Waals surface area contributed by atoms with E-state index < -0.39 is 103 Å². The van der Waals surface area contributed by atoms with Crippen LogP contribution in [0.2, 0.25) is 0 Å². The fraction of sp³-hybridized carbons (Fsp3) is 0.463. The van der Waals surface area contributed by atoms with Crippen LogP contribution in [-0.4, -0.2) is 133 Å². The molecule has 344 valence electrons. The van der Waals surface area contributed by atoms with Crippen molar-refractivity contribution in [2.24, 2.45) is 11.7 Å². The van der Waals surface area contributed by atoms with Gasteiger partial charge in [0.2, 0.25) is 53.2 Å². The van der Waals surface area contributed by atoms with E-state index in [0.717, 1.165) is 0 Å². The molecule has 22 nitrogen and oxygen atoms in total. The third-order valence-corrected chi connectivity index (χ3v) is 8.83. The Labute approximate surface area is 364 Å². The average molecular weight is 883 g/mol. The molecule has 0 aliphatic heterocycles. The summed E-state index contributed by atoms with van der Waals surface area (Å²) in [7, 11) is 0. The zero-order chi connectivity index (χ0) is 46.9. The van der Waals surface area contributed by atoms with Crippen molar-refractivity contribution in [3.8, 4) is 5.75 Å². The molecule has 0 radical (unpaired) electrons. The van der Waals surface area contributed by atoms with Gasteiger partial charge in [-0.05, 0) is 48.9 Å². The Balaban J connectivity index is 1.87. The van der Waals surface area contributed by atoms with Crippen molar-refractivity contribution in [1.82, 2.24) is 47.9 Å². The molecule has 0 spiro atoms. The number of nitrogens with two attached hydrogens (primary N) is 1. The Hall–Kier alpha value is -7.10. The van der Waals surface area contributed by atoms with Crippen molar-refractivity contribution in [3.05, 3.63) is 65.7 Å². The Morgan fingerprint density at radius 2 is 1.05 bits per heavy atom. The van der Waals surface area contributed by atoms with Crippen molar-refractivity contribution in [2.75, 3.05) is 39.3 Å². The van der Waals surface area contributed by atoms with Crippen LogP contribution >= 0.6 is 0 Å². The van der Waals surface area contributed by atoms with Gasteiger partial charge in [-0.25, -0.2) is 0 Å². The van der Waals surface area contributed by atoms with E-state index in [9.17, 15) is 53.1 Å². The first-order valence-electron chi connectivity index (χ1n) is 20.1. The molecule has 13 N–H and O–H groups in total. The summed E-state index contributed by atoms with van der Waals surface area (Å²) >= 11 is 0. The lowest BCUT2D eigenvalue weighted by Crippen LogP contribution is -2.57. The lowest BCUT2D eigenvalue weighted by Gasteiger charge is -2.24. The molecule has 63 heavy (non-hydrogen) atoms. The zero-order valence-electron chi connectivity index (χ0n) is 35.4. The molecule has 0 heterocycles. The van der Waals surface area contributed by atoms with E-state index >= 15 is 0 Å². The van der Waals surface area contributed by atoms with Crippen molar-refractivity contribution in [2.45, 2.75) is 77.0 Å². The van der Waals surface area contributed by atoms with Crippen molar-refractivity contribution in [1.29, 1.82) is 0 Å². The third-order valence-electron chi connectivity index (χ3n) is 8.83. The monoisotopic (exact) mass is 882 g/mol. The number of nitrogens with one attached hydrogen (secondary N) is 9. The van der Waals surface area contributed by atoms with E-state index in [-0.39, 0.29) is 63.4 Å². The highest BCUT2D eigenvalue weighted by molar-refractivity contribution is 5.95. The van der Waals surface area contributed by atoms with E-state index in [0.29, 0.717) is 11.1 Å². The van der Waals surface area contributed by atoms with Crippen LogP contribution < -0.4 is 53.6 Å². The fourth-order valence-electron chi connectivity index (χ4n) is 5.51. The quantitative estimate of drug-likeness (QED) is 0.0390. The number of hydrogen-bond acceptors (Lipinski definition) is 12. The van der Waals surface area contributed by atoms with Crippen LogP contribution in [0, 0.1) is 5.92 Å².